The fourth-order valence-corrected chi connectivity index (χ4v) is 5.20. The van der Waals surface area contributed by atoms with Crippen molar-refractivity contribution in [2.45, 2.75) is 4.90 Å². The molecule has 1 aliphatic heterocycles. The van der Waals surface area contributed by atoms with Crippen LogP contribution in [0.2, 0.25) is 0 Å². The highest BCUT2D eigenvalue weighted by Crippen LogP contribution is 2.33. The van der Waals surface area contributed by atoms with Crippen molar-refractivity contribution in [3.05, 3.63) is 71.1 Å². The highest BCUT2D eigenvalue weighted by atomic mass is 32.2. The minimum Gasteiger partial charge on any atom is -0.495 e. The molecule has 0 spiro atoms. The number of benzene rings is 2. The molecule has 192 valence electrons. The molecule has 0 saturated carbocycles. The van der Waals surface area contributed by atoms with Crippen molar-refractivity contribution in [3.8, 4) is 17.0 Å². The number of H-pyrrole nitrogens is 1. The van der Waals surface area contributed by atoms with Gasteiger partial charge in [0, 0.05) is 36.2 Å². The summed E-state index contributed by atoms with van der Waals surface area (Å²) in [5, 5.41) is 4.40. The SMILES string of the molecule is CNS(=O)(=O)c1ccc(-c2cc3cc[nH]c(=O)c3c(Nc3ccc(N4CCOCC4)cc3)n2)cc1OC. The van der Waals surface area contributed by atoms with Gasteiger partial charge in [0.15, 0.2) is 0 Å². The first-order valence-electron chi connectivity index (χ1n) is 11.7. The van der Waals surface area contributed by atoms with Gasteiger partial charge in [-0.3, -0.25) is 4.79 Å². The molecule has 1 fully saturated rings. The van der Waals surface area contributed by atoms with E-state index in [2.05, 4.69) is 19.9 Å². The van der Waals surface area contributed by atoms with Gasteiger partial charge in [0.25, 0.3) is 5.56 Å². The third-order valence-electron chi connectivity index (χ3n) is 6.28. The molecule has 5 rings (SSSR count). The Morgan fingerprint density at radius 1 is 1.05 bits per heavy atom. The summed E-state index contributed by atoms with van der Waals surface area (Å²) in [6.07, 6.45) is 1.58. The number of aromatic nitrogens is 2. The van der Waals surface area contributed by atoms with Gasteiger partial charge >= 0.3 is 0 Å². The zero-order valence-electron chi connectivity index (χ0n) is 20.4. The van der Waals surface area contributed by atoms with E-state index in [0.717, 1.165) is 24.5 Å². The first-order chi connectivity index (χ1) is 17.9. The molecule has 2 aromatic heterocycles. The zero-order valence-corrected chi connectivity index (χ0v) is 21.3. The maximum absolute atomic E-state index is 12.7. The lowest BCUT2D eigenvalue weighted by atomic mass is 10.1. The topological polar surface area (TPSA) is 126 Å². The van der Waals surface area contributed by atoms with Crippen molar-refractivity contribution < 1.29 is 17.9 Å². The van der Waals surface area contributed by atoms with Crippen molar-refractivity contribution in [2.75, 3.05) is 50.7 Å². The smallest absolute Gasteiger partial charge is 0.259 e. The van der Waals surface area contributed by atoms with E-state index in [0.29, 0.717) is 41.1 Å². The molecule has 2 aromatic carbocycles. The third kappa shape index (κ3) is 5.01. The number of hydrogen-bond donors (Lipinski definition) is 3. The van der Waals surface area contributed by atoms with Crippen LogP contribution in [0.1, 0.15) is 0 Å². The molecule has 0 radical (unpaired) electrons. The molecule has 0 unspecified atom stereocenters. The number of sulfonamides is 1. The highest BCUT2D eigenvalue weighted by molar-refractivity contribution is 7.89. The number of aromatic amines is 1. The lowest BCUT2D eigenvalue weighted by Gasteiger charge is -2.28. The number of ether oxygens (including phenoxy) is 2. The van der Waals surface area contributed by atoms with Crippen molar-refractivity contribution in [2.24, 2.45) is 0 Å². The van der Waals surface area contributed by atoms with Crippen LogP contribution >= 0.6 is 0 Å². The van der Waals surface area contributed by atoms with Gasteiger partial charge in [0.2, 0.25) is 10.0 Å². The number of nitrogens with one attached hydrogen (secondary N) is 3. The molecule has 1 saturated heterocycles. The summed E-state index contributed by atoms with van der Waals surface area (Å²) in [5.41, 5.74) is 2.80. The number of fused-ring (bicyclic) bond motifs is 1. The lowest BCUT2D eigenvalue weighted by Crippen LogP contribution is -2.36. The third-order valence-corrected chi connectivity index (χ3v) is 7.73. The fourth-order valence-electron chi connectivity index (χ4n) is 4.33. The maximum atomic E-state index is 12.7. The number of hydrogen-bond acceptors (Lipinski definition) is 8. The van der Waals surface area contributed by atoms with E-state index in [1.54, 1.807) is 30.5 Å². The number of methoxy groups -OCH3 is 1. The molecular formula is C26H27N5O5S. The van der Waals surface area contributed by atoms with Crippen LogP contribution in [0.5, 0.6) is 5.75 Å². The van der Waals surface area contributed by atoms with Crippen molar-refractivity contribution in [1.82, 2.24) is 14.7 Å². The van der Waals surface area contributed by atoms with Gasteiger partial charge in [-0.1, -0.05) is 6.07 Å². The Labute approximate surface area is 214 Å². The Kier molecular flexibility index (Phi) is 6.83. The average molecular weight is 522 g/mol. The highest BCUT2D eigenvalue weighted by Gasteiger charge is 2.19. The second-order valence-electron chi connectivity index (χ2n) is 8.47. The fraction of sp³-hybridized carbons (Fsp3) is 0.231. The van der Waals surface area contributed by atoms with E-state index in [1.165, 1.54) is 20.2 Å². The molecule has 1 aliphatic rings. The molecule has 37 heavy (non-hydrogen) atoms. The minimum atomic E-state index is -3.70. The monoisotopic (exact) mass is 521 g/mol. The Balaban J connectivity index is 1.55. The van der Waals surface area contributed by atoms with Gasteiger partial charge < -0.3 is 24.7 Å². The van der Waals surface area contributed by atoms with E-state index in [9.17, 15) is 13.2 Å². The van der Waals surface area contributed by atoms with Crippen molar-refractivity contribution in [3.63, 3.8) is 0 Å². The number of anilines is 3. The van der Waals surface area contributed by atoms with Gasteiger partial charge in [-0.15, -0.1) is 0 Å². The summed E-state index contributed by atoms with van der Waals surface area (Å²) in [4.78, 5) is 22.5. The molecule has 0 atom stereocenters. The molecule has 3 heterocycles. The van der Waals surface area contributed by atoms with E-state index < -0.39 is 10.0 Å². The zero-order chi connectivity index (χ0) is 26.0. The van der Waals surface area contributed by atoms with Gasteiger partial charge in [0.1, 0.15) is 16.5 Å². The Hall–Kier alpha value is -3.93. The molecule has 4 aromatic rings. The van der Waals surface area contributed by atoms with Gasteiger partial charge in [0.05, 0.1) is 31.4 Å². The summed E-state index contributed by atoms with van der Waals surface area (Å²) in [6, 6.07) is 16.3. The molecule has 0 aliphatic carbocycles. The second kappa shape index (κ2) is 10.2. The van der Waals surface area contributed by atoms with E-state index in [1.807, 2.05) is 24.3 Å². The van der Waals surface area contributed by atoms with E-state index in [-0.39, 0.29) is 16.2 Å². The van der Waals surface area contributed by atoms with Crippen LogP contribution in [0.15, 0.2) is 70.5 Å². The Bertz CT molecular complexity index is 1600. The number of rotatable bonds is 7. The summed E-state index contributed by atoms with van der Waals surface area (Å²) in [6.45, 7) is 3.10. The maximum Gasteiger partial charge on any atom is 0.259 e. The average Bonchev–Trinajstić information content (AvgIpc) is 2.93. The van der Waals surface area contributed by atoms with Gasteiger partial charge in [-0.2, -0.15) is 0 Å². The molecule has 3 N–H and O–H groups in total. The predicted molar refractivity (Wildman–Crippen MR) is 143 cm³/mol. The van der Waals surface area contributed by atoms with E-state index in [4.69, 9.17) is 14.5 Å². The minimum absolute atomic E-state index is 0.0252. The van der Waals surface area contributed by atoms with Crippen molar-refractivity contribution >= 4 is 38.0 Å². The van der Waals surface area contributed by atoms with Crippen LogP contribution in [-0.2, 0) is 14.8 Å². The Morgan fingerprint density at radius 2 is 1.81 bits per heavy atom. The Morgan fingerprint density at radius 3 is 2.51 bits per heavy atom. The van der Waals surface area contributed by atoms with Crippen LogP contribution in [0, 0.1) is 0 Å². The van der Waals surface area contributed by atoms with Crippen LogP contribution in [-0.4, -0.2) is 58.8 Å². The second-order valence-corrected chi connectivity index (χ2v) is 10.3. The standard InChI is InChI=1S/C26H27N5O5S/c1-27-37(33,34)23-8-3-17(16-22(23)35-2)21-15-18-9-10-28-26(32)24(18)25(30-21)29-19-4-6-20(7-5-19)31-11-13-36-14-12-31/h3-10,15-16,27H,11-14H2,1-2H3,(H,28,32)(H,29,30). The normalized spacial score (nSPS) is 14.1. The van der Waals surface area contributed by atoms with Gasteiger partial charge in [-0.25, -0.2) is 18.1 Å². The summed E-state index contributed by atoms with van der Waals surface area (Å²) in [7, 11) is -0.949. The van der Waals surface area contributed by atoms with E-state index >= 15 is 0 Å². The van der Waals surface area contributed by atoms with Crippen LogP contribution in [0.4, 0.5) is 17.2 Å². The molecule has 10 nitrogen and oxygen atoms in total. The predicted octanol–water partition coefficient (Wildman–Crippen LogP) is 3.09. The van der Waals surface area contributed by atoms with Crippen LogP contribution in [0.25, 0.3) is 22.0 Å². The summed E-state index contributed by atoms with van der Waals surface area (Å²) < 4.78 is 37.8. The summed E-state index contributed by atoms with van der Waals surface area (Å²) >= 11 is 0. The quantitative estimate of drug-likeness (QED) is 0.339. The molecular weight excluding hydrogens is 494 g/mol. The number of nitrogens with zero attached hydrogens (tertiary/aromatic N) is 2. The van der Waals surface area contributed by atoms with Gasteiger partial charge in [-0.05, 0) is 61.0 Å². The lowest BCUT2D eigenvalue weighted by molar-refractivity contribution is 0.122. The summed E-state index contributed by atoms with van der Waals surface area (Å²) in [5.74, 6) is 0.576. The largest absolute Gasteiger partial charge is 0.495 e. The first kappa shape index (κ1) is 24.8. The number of morpholine rings is 1. The molecule has 0 amide bonds. The first-order valence-corrected chi connectivity index (χ1v) is 13.2. The molecule has 0 bridgehead atoms. The number of pyridine rings is 2. The molecule has 11 heteroatoms. The van der Waals surface area contributed by atoms with Crippen LogP contribution in [0.3, 0.4) is 0 Å². The van der Waals surface area contributed by atoms with Crippen LogP contribution < -0.4 is 25.2 Å². The van der Waals surface area contributed by atoms with Crippen molar-refractivity contribution in [1.29, 1.82) is 0 Å².